The first-order chi connectivity index (χ1) is 12.2. The quantitative estimate of drug-likeness (QED) is 0.665. The van der Waals surface area contributed by atoms with Crippen molar-refractivity contribution >= 4 is 22.7 Å². The maximum Gasteiger partial charge on any atom is 0.227 e. The Hall–Kier alpha value is -2.64. The molecule has 1 saturated heterocycles. The van der Waals surface area contributed by atoms with Crippen molar-refractivity contribution in [1.82, 2.24) is 19.9 Å². The molecule has 0 radical (unpaired) electrons. The molecule has 1 aliphatic heterocycles. The number of para-hydroxylation sites is 1. The van der Waals surface area contributed by atoms with E-state index >= 15 is 0 Å². The molecule has 0 aliphatic carbocycles. The van der Waals surface area contributed by atoms with Crippen LogP contribution in [0.5, 0.6) is 0 Å². The summed E-state index contributed by atoms with van der Waals surface area (Å²) < 4.78 is 0. The average Bonchev–Trinajstić information content (AvgIpc) is 2.90. The molecular weight excluding hydrogens is 316 g/mol. The number of aliphatic hydroxyl groups is 1. The second-order valence-corrected chi connectivity index (χ2v) is 6.50. The highest BCUT2D eigenvalue weighted by atomic mass is 16.3. The number of anilines is 2. The van der Waals surface area contributed by atoms with Crippen LogP contribution in [0.2, 0.25) is 0 Å². The highest BCUT2D eigenvalue weighted by Crippen LogP contribution is 2.18. The van der Waals surface area contributed by atoms with Crippen molar-refractivity contribution in [2.75, 3.05) is 36.8 Å². The standard InChI is InChI=1S/C18H22N6O/c19-17-5-6-20-18(22-17)24-8-7-23(11-15(25)12-24)10-14-9-13-3-1-2-4-16(13)21-14/h1-6,9,15,21,25H,7-8,10-12H2,(H2,19,20,22). The second-order valence-electron chi connectivity index (χ2n) is 6.50. The second kappa shape index (κ2) is 6.70. The molecule has 7 heteroatoms. The highest BCUT2D eigenvalue weighted by Gasteiger charge is 2.23. The highest BCUT2D eigenvalue weighted by molar-refractivity contribution is 5.80. The summed E-state index contributed by atoms with van der Waals surface area (Å²) in [6.45, 7) is 3.48. The number of hydrogen-bond acceptors (Lipinski definition) is 6. The van der Waals surface area contributed by atoms with Gasteiger partial charge in [0.25, 0.3) is 0 Å². The molecule has 1 fully saturated rings. The molecule has 0 bridgehead atoms. The fourth-order valence-electron chi connectivity index (χ4n) is 3.35. The van der Waals surface area contributed by atoms with Gasteiger partial charge in [0.05, 0.1) is 6.10 Å². The maximum absolute atomic E-state index is 10.4. The van der Waals surface area contributed by atoms with Crippen molar-refractivity contribution in [2.45, 2.75) is 12.6 Å². The Balaban J connectivity index is 1.47. The molecule has 7 nitrogen and oxygen atoms in total. The zero-order valence-electron chi connectivity index (χ0n) is 14.0. The number of rotatable bonds is 3. The molecule has 0 saturated carbocycles. The first-order valence-electron chi connectivity index (χ1n) is 8.48. The number of fused-ring (bicyclic) bond motifs is 1. The summed E-state index contributed by atoms with van der Waals surface area (Å²) in [5.74, 6) is 1.02. The average molecular weight is 338 g/mol. The summed E-state index contributed by atoms with van der Waals surface area (Å²) in [6.07, 6.45) is 1.19. The molecule has 4 rings (SSSR count). The number of β-amino-alcohol motifs (C(OH)–C–C–N with tert-alkyl or cyclic N) is 1. The van der Waals surface area contributed by atoms with Crippen LogP contribution in [-0.2, 0) is 6.54 Å². The fourth-order valence-corrected chi connectivity index (χ4v) is 3.35. The molecule has 3 aromatic rings. The maximum atomic E-state index is 10.4. The van der Waals surface area contributed by atoms with Crippen LogP contribution in [0.3, 0.4) is 0 Å². The lowest BCUT2D eigenvalue weighted by atomic mass is 10.2. The SMILES string of the molecule is Nc1ccnc(N2CCN(Cc3cc4ccccc4[nH]3)CC(O)C2)n1. The van der Waals surface area contributed by atoms with E-state index in [1.165, 1.54) is 5.39 Å². The molecule has 2 aromatic heterocycles. The smallest absolute Gasteiger partial charge is 0.227 e. The molecule has 4 N–H and O–H groups in total. The first kappa shape index (κ1) is 15.9. The molecule has 1 atom stereocenters. The van der Waals surface area contributed by atoms with E-state index in [4.69, 9.17) is 5.73 Å². The molecule has 1 aliphatic rings. The molecule has 25 heavy (non-hydrogen) atoms. The minimum absolute atomic E-state index is 0.443. The Morgan fingerprint density at radius 3 is 2.92 bits per heavy atom. The summed E-state index contributed by atoms with van der Waals surface area (Å²) in [4.78, 5) is 16.2. The van der Waals surface area contributed by atoms with Gasteiger partial charge in [-0.2, -0.15) is 4.98 Å². The minimum Gasteiger partial charge on any atom is -0.390 e. The fraction of sp³-hybridized carbons (Fsp3) is 0.333. The van der Waals surface area contributed by atoms with Gasteiger partial charge < -0.3 is 20.7 Å². The third-order valence-electron chi connectivity index (χ3n) is 4.51. The predicted octanol–water partition coefficient (Wildman–Crippen LogP) is 1.22. The Morgan fingerprint density at radius 1 is 1.20 bits per heavy atom. The number of benzene rings is 1. The van der Waals surface area contributed by atoms with E-state index in [0.29, 0.717) is 24.9 Å². The summed E-state index contributed by atoms with van der Waals surface area (Å²) in [5.41, 5.74) is 8.05. The number of hydrogen-bond donors (Lipinski definition) is 3. The van der Waals surface area contributed by atoms with Gasteiger partial charge in [0, 0.05) is 50.1 Å². The number of nitrogens with two attached hydrogens (primary N) is 1. The van der Waals surface area contributed by atoms with E-state index in [0.717, 1.165) is 30.8 Å². The van der Waals surface area contributed by atoms with Crippen molar-refractivity contribution in [3.8, 4) is 0 Å². The van der Waals surface area contributed by atoms with Gasteiger partial charge in [0.1, 0.15) is 5.82 Å². The van der Waals surface area contributed by atoms with Gasteiger partial charge in [-0.05, 0) is 23.6 Å². The number of H-pyrrole nitrogens is 1. The predicted molar refractivity (Wildman–Crippen MR) is 98.2 cm³/mol. The normalized spacial score (nSPS) is 19.2. The lowest BCUT2D eigenvalue weighted by Gasteiger charge is -2.21. The van der Waals surface area contributed by atoms with Crippen LogP contribution in [0.1, 0.15) is 5.69 Å². The van der Waals surface area contributed by atoms with E-state index in [1.807, 2.05) is 17.0 Å². The van der Waals surface area contributed by atoms with Crippen molar-refractivity contribution in [3.05, 3.63) is 48.3 Å². The van der Waals surface area contributed by atoms with Crippen molar-refractivity contribution < 1.29 is 5.11 Å². The third kappa shape index (κ3) is 3.57. The van der Waals surface area contributed by atoms with Gasteiger partial charge in [-0.15, -0.1) is 0 Å². The molecule has 1 aromatic carbocycles. The molecular formula is C18H22N6O. The number of nitrogens with zero attached hydrogens (tertiary/aromatic N) is 4. The van der Waals surface area contributed by atoms with Crippen LogP contribution in [-0.4, -0.2) is 57.2 Å². The van der Waals surface area contributed by atoms with E-state index in [2.05, 4.69) is 38.1 Å². The van der Waals surface area contributed by atoms with Crippen LogP contribution in [0.25, 0.3) is 10.9 Å². The van der Waals surface area contributed by atoms with Crippen LogP contribution in [0.4, 0.5) is 11.8 Å². The van der Waals surface area contributed by atoms with Crippen LogP contribution >= 0.6 is 0 Å². The summed E-state index contributed by atoms with van der Waals surface area (Å²) in [7, 11) is 0. The van der Waals surface area contributed by atoms with Gasteiger partial charge in [-0.25, -0.2) is 4.98 Å². The summed E-state index contributed by atoms with van der Waals surface area (Å²) in [5, 5.41) is 11.6. The number of nitrogen functional groups attached to an aromatic ring is 1. The number of aromatic amines is 1. The number of aromatic nitrogens is 3. The Bertz CT molecular complexity index is 830. The van der Waals surface area contributed by atoms with Gasteiger partial charge >= 0.3 is 0 Å². The Kier molecular flexibility index (Phi) is 4.25. The summed E-state index contributed by atoms with van der Waals surface area (Å²) in [6, 6.07) is 12.1. The van der Waals surface area contributed by atoms with Gasteiger partial charge in [0.2, 0.25) is 5.95 Å². The van der Waals surface area contributed by atoms with Gasteiger partial charge in [-0.3, -0.25) is 4.90 Å². The van der Waals surface area contributed by atoms with Crippen LogP contribution < -0.4 is 10.6 Å². The Morgan fingerprint density at radius 2 is 2.08 bits per heavy atom. The minimum atomic E-state index is -0.461. The van der Waals surface area contributed by atoms with E-state index in [-0.39, 0.29) is 0 Å². The van der Waals surface area contributed by atoms with Gasteiger partial charge in [0.15, 0.2) is 0 Å². The van der Waals surface area contributed by atoms with Crippen molar-refractivity contribution in [2.24, 2.45) is 0 Å². The number of aliphatic hydroxyl groups excluding tert-OH is 1. The Labute approximate surface area is 146 Å². The monoisotopic (exact) mass is 338 g/mol. The van der Waals surface area contributed by atoms with Crippen molar-refractivity contribution in [3.63, 3.8) is 0 Å². The molecule has 130 valence electrons. The number of nitrogens with one attached hydrogen (secondary N) is 1. The molecule has 3 heterocycles. The topological polar surface area (TPSA) is 94.3 Å². The molecule has 0 spiro atoms. The third-order valence-corrected chi connectivity index (χ3v) is 4.51. The van der Waals surface area contributed by atoms with Crippen LogP contribution in [0, 0.1) is 0 Å². The molecule has 1 unspecified atom stereocenters. The van der Waals surface area contributed by atoms with Crippen molar-refractivity contribution in [1.29, 1.82) is 0 Å². The lowest BCUT2D eigenvalue weighted by molar-refractivity contribution is 0.128. The van der Waals surface area contributed by atoms with E-state index in [1.54, 1.807) is 12.3 Å². The first-order valence-corrected chi connectivity index (χ1v) is 8.48. The molecule has 0 amide bonds. The lowest BCUT2D eigenvalue weighted by Crippen LogP contribution is -2.34. The zero-order chi connectivity index (χ0) is 17.2. The summed E-state index contributed by atoms with van der Waals surface area (Å²) >= 11 is 0. The van der Waals surface area contributed by atoms with E-state index < -0.39 is 6.10 Å². The van der Waals surface area contributed by atoms with E-state index in [9.17, 15) is 5.11 Å². The van der Waals surface area contributed by atoms with Gasteiger partial charge in [-0.1, -0.05) is 18.2 Å². The van der Waals surface area contributed by atoms with Crippen LogP contribution in [0.15, 0.2) is 42.6 Å². The largest absolute Gasteiger partial charge is 0.390 e. The zero-order valence-corrected chi connectivity index (χ0v) is 14.0.